The highest BCUT2D eigenvalue weighted by Crippen LogP contribution is 2.38. The van der Waals surface area contributed by atoms with Crippen LogP contribution in [0.2, 0.25) is 0 Å². The van der Waals surface area contributed by atoms with E-state index < -0.39 is 0 Å². The molecule has 4 heteroatoms. The first-order chi connectivity index (χ1) is 10.3. The molecule has 0 saturated carbocycles. The molecule has 21 heavy (non-hydrogen) atoms. The molecule has 0 saturated heterocycles. The standard InChI is InChI=1S/C17H21N3O/c1-12-5-4-9-19-17(12)15(20-18)11-13-8-10-21-16-7-3-2-6-14(13)16/h2-7,9,13,15,20H,8,10-11,18H2,1H3. The maximum Gasteiger partial charge on any atom is 0.122 e. The number of pyridine rings is 1. The van der Waals surface area contributed by atoms with Gasteiger partial charge in [0.15, 0.2) is 0 Å². The van der Waals surface area contributed by atoms with Crippen LogP contribution in [0.3, 0.4) is 0 Å². The average Bonchev–Trinajstić information content (AvgIpc) is 2.53. The summed E-state index contributed by atoms with van der Waals surface area (Å²) in [5.41, 5.74) is 6.41. The van der Waals surface area contributed by atoms with Crippen molar-refractivity contribution < 1.29 is 4.74 Å². The van der Waals surface area contributed by atoms with Crippen LogP contribution in [0, 0.1) is 6.92 Å². The Bertz CT molecular complexity index is 614. The highest BCUT2D eigenvalue weighted by molar-refractivity contribution is 5.38. The average molecular weight is 283 g/mol. The van der Waals surface area contributed by atoms with E-state index in [0.717, 1.165) is 30.9 Å². The molecule has 0 fully saturated rings. The van der Waals surface area contributed by atoms with E-state index in [-0.39, 0.29) is 6.04 Å². The number of hydrazine groups is 1. The Balaban J connectivity index is 1.84. The second-order valence-corrected chi connectivity index (χ2v) is 5.53. The van der Waals surface area contributed by atoms with E-state index in [9.17, 15) is 0 Å². The van der Waals surface area contributed by atoms with Gasteiger partial charge in [-0.2, -0.15) is 0 Å². The molecule has 1 aliphatic rings. The summed E-state index contributed by atoms with van der Waals surface area (Å²) in [7, 11) is 0. The quantitative estimate of drug-likeness (QED) is 0.669. The van der Waals surface area contributed by atoms with Gasteiger partial charge in [-0.1, -0.05) is 24.3 Å². The minimum absolute atomic E-state index is 0.0577. The highest BCUT2D eigenvalue weighted by Gasteiger charge is 2.25. The van der Waals surface area contributed by atoms with Gasteiger partial charge in [-0.25, -0.2) is 0 Å². The van der Waals surface area contributed by atoms with Gasteiger partial charge < -0.3 is 4.74 Å². The molecule has 4 nitrogen and oxygen atoms in total. The summed E-state index contributed by atoms with van der Waals surface area (Å²) in [6.07, 6.45) is 3.76. The largest absolute Gasteiger partial charge is 0.493 e. The minimum Gasteiger partial charge on any atom is -0.493 e. The first-order valence-corrected chi connectivity index (χ1v) is 7.39. The molecule has 3 N–H and O–H groups in total. The fraction of sp³-hybridized carbons (Fsp3) is 0.353. The van der Waals surface area contributed by atoms with Crippen molar-refractivity contribution in [1.82, 2.24) is 10.4 Å². The first kappa shape index (κ1) is 14.0. The summed E-state index contributed by atoms with van der Waals surface area (Å²) in [5.74, 6) is 7.23. The Morgan fingerprint density at radius 3 is 3.00 bits per heavy atom. The molecule has 3 rings (SSSR count). The Labute approximate surface area is 125 Å². The van der Waals surface area contributed by atoms with Crippen molar-refractivity contribution in [3.63, 3.8) is 0 Å². The predicted molar refractivity (Wildman–Crippen MR) is 83.0 cm³/mol. The fourth-order valence-electron chi connectivity index (χ4n) is 3.07. The Hall–Kier alpha value is -1.91. The van der Waals surface area contributed by atoms with Gasteiger partial charge in [0.1, 0.15) is 5.75 Å². The van der Waals surface area contributed by atoms with Crippen molar-refractivity contribution in [2.75, 3.05) is 6.61 Å². The van der Waals surface area contributed by atoms with Crippen LogP contribution in [0.25, 0.3) is 0 Å². The number of aryl methyl sites for hydroxylation is 1. The van der Waals surface area contributed by atoms with Gasteiger partial charge in [0.2, 0.25) is 0 Å². The lowest BCUT2D eigenvalue weighted by molar-refractivity contribution is 0.254. The second-order valence-electron chi connectivity index (χ2n) is 5.53. The minimum atomic E-state index is 0.0577. The van der Waals surface area contributed by atoms with Crippen LogP contribution in [0.5, 0.6) is 5.75 Å². The Morgan fingerprint density at radius 2 is 2.19 bits per heavy atom. The summed E-state index contributed by atoms with van der Waals surface area (Å²) < 4.78 is 5.73. The summed E-state index contributed by atoms with van der Waals surface area (Å²) in [5, 5.41) is 0. The van der Waals surface area contributed by atoms with Gasteiger partial charge >= 0.3 is 0 Å². The zero-order chi connectivity index (χ0) is 14.7. The van der Waals surface area contributed by atoms with E-state index in [1.54, 1.807) is 0 Å². The molecule has 0 radical (unpaired) electrons. The summed E-state index contributed by atoms with van der Waals surface area (Å²) in [6.45, 7) is 2.84. The molecular weight excluding hydrogens is 262 g/mol. The van der Waals surface area contributed by atoms with Gasteiger partial charge in [0.25, 0.3) is 0 Å². The van der Waals surface area contributed by atoms with E-state index in [4.69, 9.17) is 10.6 Å². The molecule has 110 valence electrons. The van der Waals surface area contributed by atoms with Crippen LogP contribution in [0.1, 0.15) is 41.6 Å². The number of nitrogens with two attached hydrogens (primary N) is 1. The molecule has 0 spiro atoms. The van der Waals surface area contributed by atoms with Gasteiger partial charge in [-0.3, -0.25) is 16.3 Å². The number of nitrogens with zero attached hydrogens (tertiary/aromatic N) is 1. The Morgan fingerprint density at radius 1 is 1.33 bits per heavy atom. The third-order valence-corrected chi connectivity index (χ3v) is 4.18. The monoisotopic (exact) mass is 283 g/mol. The van der Waals surface area contributed by atoms with E-state index in [1.165, 1.54) is 11.1 Å². The molecule has 0 aliphatic carbocycles. The number of benzene rings is 1. The van der Waals surface area contributed by atoms with Crippen LogP contribution in [0.15, 0.2) is 42.6 Å². The number of hydrogen-bond donors (Lipinski definition) is 2. The van der Waals surface area contributed by atoms with Crippen molar-refractivity contribution >= 4 is 0 Å². The lowest BCUT2D eigenvalue weighted by atomic mass is 9.86. The van der Waals surface area contributed by atoms with Crippen LogP contribution >= 0.6 is 0 Å². The maximum absolute atomic E-state index is 5.79. The van der Waals surface area contributed by atoms with Crippen molar-refractivity contribution in [2.45, 2.75) is 31.7 Å². The normalized spacial score (nSPS) is 18.7. The molecule has 2 aromatic rings. The van der Waals surface area contributed by atoms with Crippen molar-refractivity contribution in [2.24, 2.45) is 5.84 Å². The van der Waals surface area contributed by atoms with Crippen molar-refractivity contribution in [3.8, 4) is 5.75 Å². The number of nitrogens with one attached hydrogen (secondary N) is 1. The van der Waals surface area contributed by atoms with E-state index in [0.29, 0.717) is 5.92 Å². The van der Waals surface area contributed by atoms with Gasteiger partial charge in [0, 0.05) is 6.20 Å². The molecule has 0 bridgehead atoms. The molecule has 2 heterocycles. The molecular formula is C17H21N3O. The highest BCUT2D eigenvalue weighted by atomic mass is 16.5. The zero-order valence-corrected chi connectivity index (χ0v) is 12.3. The number of fused-ring (bicyclic) bond motifs is 1. The van der Waals surface area contributed by atoms with E-state index in [1.807, 2.05) is 24.4 Å². The molecule has 1 aromatic heterocycles. The van der Waals surface area contributed by atoms with Crippen molar-refractivity contribution in [1.29, 1.82) is 0 Å². The predicted octanol–water partition coefficient (Wildman–Crippen LogP) is 2.85. The SMILES string of the molecule is Cc1cccnc1C(CC1CCOc2ccccc21)NN. The van der Waals surface area contributed by atoms with Crippen LogP contribution in [0.4, 0.5) is 0 Å². The topological polar surface area (TPSA) is 60.2 Å². The molecule has 1 aliphatic heterocycles. The fourth-order valence-corrected chi connectivity index (χ4v) is 3.07. The summed E-state index contributed by atoms with van der Waals surface area (Å²) in [4.78, 5) is 4.50. The maximum atomic E-state index is 5.79. The Kier molecular flexibility index (Phi) is 4.18. The van der Waals surface area contributed by atoms with E-state index in [2.05, 4.69) is 35.5 Å². The summed E-state index contributed by atoms with van der Waals surface area (Å²) >= 11 is 0. The number of para-hydroxylation sites is 1. The third-order valence-electron chi connectivity index (χ3n) is 4.18. The summed E-state index contributed by atoms with van der Waals surface area (Å²) in [6, 6.07) is 12.4. The molecule has 2 atom stereocenters. The van der Waals surface area contributed by atoms with Gasteiger partial charge in [-0.05, 0) is 48.9 Å². The van der Waals surface area contributed by atoms with Gasteiger partial charge in [-0.15, -0.1) is 0 Å². The number of hydrogen-bond acceptors (Lipinski definition) is 4. The number of rotatable bonds is 4. The zero-order valence-electron chi connectivity index (χ0n) is 12.3. The smallest absolute Gasteiger partial charge is 0.122 e. The number of aromatic nitrogens is 1. The molecule has 2 unspecified atom stereocenters. The van der Waals surface area contributed by atoms with Crippen LogP contribution in [-0.2, 0) is 0 Å². The lowest BCUT2D eigenvalue weighted by Gasteiger charge is -2.29. The molecule has 0 amide bonds. The third kappa shape index (κ3) is 2.91. The van der Waals surface area contributed by atoms with Crippen LogP contribution in [-0.4, -0.2) is 11.6 Å². The number of ether oxygens (including phenoxy) is 1. The lowest BCUT2D eigenvalue weighted by Crippen LogP contribution is -2.31. The molecule has 1 aromatic carbocycles. The van der Waals surface area contributed by atoms with Crippen molar-refractivity contribution in [3.05, 3.63) is 59.4 Å². The van der Waals surface area contributed by atoms with Crippen LogP contribution < -0.4 is 16.0 Å². The first-order valence-electron chi connectivity index (χ1n) is 7.39. The van der Waals surface area contributed by atoms with E-state index >= 15 is 0 Å². The van der Waals surface area contributed by atoms with Gasteiger partial charge in [0.05, 0.1) is 18.3 Å². The second kappa shape index (κ2) is 6.24.